The number of aryl methyl sites for hydroxylation is 1. The lowest BCUT2D eigenvalue weighted by Gasteiger charge is -1.98. The molecule has 0 aliphatic carbocycles. The quantitative estimate of drug-likeness (QED) is 0.592. The summed E-state index contributed by atoms with van der Waals surface area (Å²) in [6, 6.07) is 0. The van der Waals surface area contributed by atoms with E-state index in [1.807, 2.05) is 27.1 Å². The first-order valence-electron chi connectivity index (χ1n) is 7.30. The average molecular weight is 285 g/mol. The molecule has 6 heteroatoms. The maximum atomic E-state index is 9.95. The molecule has 0 radical (unpaired) electrons. The van der Waals surface area contributed by atoms with Crippen molar-refractivity contribution in [2.45, 2.75) is 54.1 Å². The minimum Gasteiger partial charge on any atom is -0.359 e. The summed E-state index contributed by atoms with van der Waals surface area (Å²) in [5.41, 5.74) is 0.927. The van der Waals surface area contributed by atoms with E-state index in [4.69, 9.17) is 0 Å². The van der Waals surface area contributed by atoms with Gasteiger partial charge < -0.3 is 10.6 Å². The highest BCUT2D eigenvalue weighted by Gasteiger charge is 1.98. The number of rotatable bonds is 7. The Morgan fingerprint density at radius 3 is 2.45 bits per heavy atom. The van der Waals surface area contributed by atoms with Crippen LogP contribution in [0.2, 0.25) is 0 Å². The van der Waals surface area contributed by atoms with Gasteiger partial charge in [-0.3, -0.25) is 9.48 Å². The number of aromatic nitrogens is 3. The van der Waals surface area contributed by atoms with Crippen molar-refractivity contribution in [2.75, 3.05) is 13.6 Å². The number of amides is 1. The molecule has 1 heterocycles. The summed E-state index contributed by atoms with van der Waals surface area (Å²) in [5.74, 6) is 0.833. The van der Waals surface area contributed by atoms with E-state index in [1.54, 1.807) is 4.68 Å². The summed E-state index contributed by atoms with van der Waals surface area (Å²) < 4.78 is 1.78. The number of nitrogens with one attached hydrogen (secondary N) is 2. The van der Waals surface area contributed by atoms with E-state index >= 15 is 0 Å². The van der Waals surface area contributed by atoms with Crippen LogP contribution in [0.15, 0.2) is 6.20 Å². The summed E-state index contributed by atoms with van der Waals surface area (Å²) in [5, 5.41) is 13.5. The van der Waals surface area contributed by atoms with Crippen LogP contribution in [-0.2, 0) is 17.9 Å². The minimum atomic E-state index is 0.671. The van der Waals surface area contributed by atoms with Crippen molar-refractivity contribution >= 4 is 6.41 Å². The fourth-order valence-corrected chi connectivity index (χ4v) is 1.11. The SMILES string of the molecule is CC.CC(C)C.CNCc1cn(CCCNC=O)nn1. The molecule has 6 nitrogen and oxygen atoms in total. The Labute approximate surface area is 123 Å². The maximum absolute atomic E-state index is 9.95. The van der Waals surface area contributed by atoms with Gasteiger partial charge in [-0.25, -0.2) is 0 Å². The van der Waals surface area contributed by atoms with E-state index in [9.17, 15) is 4.79 Å². The monoisotopic (exact) mass is 285 g/mol. The molecule has 1 aromatic heterocycles. The Balaban J connectivity index is 0. The maximum Gasteiger partial charge on any atom is 0.207 e. The molecule has 0 aliphatic heterocycles. The molecular formula is C14H31N5O. The molecule has 2 N–H and O–H groups in total. The first-order valence-corrected chi connectivity index (χ1v) is 7.30. The highest BCUT2D eigenvalue weighted by molar-refractivity contribution is 5.45. The second-order valence-electron chi connectivity index (χ2n) is 4.66. The molecule has 1 amide bonds. The normalized spacial score (nSPS) is 9.15. The van der Waals surface area contributed by atoms with E-state index in [2.05, 4.69) is 41.7 Å². The van der Waals surface area contributed by atoms with Gasteiger partial charge in [-0.15, -0.1) is 5.10 Å². The van der Waals surface area contributed by atoms with Crippen molar-refractivity contribution in [3.05, 3.63) is 11.9 Å². The lowest BCUT2D eigenvalue weighted by Crippen LogP contribution is -2.14. The standard InChI is InChI=1S/C8H15N5O.C4H10.C2H6/c1-9-5-8-6-13(12-11-8)4-2-3-10-7-14;1-4(2)3;1-2/h6-7,9H,2-5H2,1H3,(H,10,14);4H,1-3H3;1-2H3. The van der Waals surface area contributed by atoms with E-state index in [0.29, 0.717) is 13.0 Å². The summed E-state index contributed by atoms with van der Waals surface area (Å²) in [6.45, 7) is 12.7. The highest BCUT2D eigenvalue weighted by atomic mass is 16.1. The predicted octanol–water partition coefficient (Wildman–Crippen LogP) is 1.82. The van der Waals surface area contributed by atoms with Crippen LogP contribution < -0.4 is 10.6 Å². The minimum absolute atomic E-state index is 0.671. The van der Waals surface area contributed by atoms with Crippen molar-refractivity contribution in [3.63, 3.8) is 0 Å². The third-order valence-corrected chi connectivity index (χ3v) is 1.74. The van der Waals surface area contributed by atoms with Crippen LogP contribution in [0.25, 0.3) is 0 Å². The summed E-state index contributed by atoms with van der Waals surface area (Å²) in [7, 11) is 1.87. The van der Waals surface area contributed by atoms with Crippen LogP contribution in [0, 0.1) is 5.92 Å². The lowest BCUT2D eigenvalue weighted by molar-refractivity contribution is -0.109. The second kappa shape index (κ2) is 15.6. The molecular weight excluding hydrogens is 254 g/mol. The first-order chi connectivity index (χ1) is 9.60. The Bertz CT molecular complexity index is 310. The van der Waals surface area contributed by atoms with Gasteiger partial charge in [0.15, 0.2) is 0 Å². The molecule has 0 bridgehead atoms. The highest BCUT2D eigenvalue weighted by Crippen LogP contribution is 1.93. The molecule has 0 aliphatic rings. The topological polar surface area (TPSA) is 71.8 Å². The Morgan fingerprint density at radius 2 is 1.95 bits per heavy atom. The van der Waals surface area contributed by atoms with Gasteiger partial charge in [0, 0.05) is 25.8 Å². The summed E-state index contributed by atoms with van der Waals surface area (Å²) in [6.07, 6.45) is 3.46. The van der Waals surface area contributed by atoms with Crippen molar-refractivity contribution < 1.29 is 4.79 Å². The Morgan fingerprint density at radius 1 is 1.35 bits per heavy atom. The van der Waals surface area contributed by atoms with E-state index < -0.39 is 0 Å². The van der Waals surface area contributed by atoms with Gasteiger partial charge in [0.25, 0.3) is 0 Å². The number of carbonyl (C=O) groups excluding carboxylic acids is 1. The van der Waals surface area contributed by atoms with Gasteiger partial charge in [-0.1, -0.05) is 39.8 Å². The van der Waals surface area contributed by atoms with Gasteiger partial charge >= 0.3 is 0 Å². The molecule has 1 rings (SSSR count). The van der Waals surface area contributed by atoms with Crippen molar-refractivity contribution in [3.8, 4) is 0 Å². The van der Waals surface area contributed by atoms with Gasteiger partial charge in [-0.05, 0) is 19.4 Å². The van der Waals surface area contributed by atoms with Crippen LogP contribution in [0.1, 0.15) is 46.7 Å². The van der Waals surface area contributed by atoms with Crippen LogP contribution in [0.3, 0.4) is 0 Å². The van der Waals surface area contributed by atoms with Crippen molar-refractivity contribution in [1.29, 1.82) is 0 Å². The van der Waals surface area contributed by atoms with Crippen LogP contribution >= 0.6 is 0 Å². The third kappa shape index (κ3) is 14.6. The molecule has 118 valence electrons. The number of nitrogens with zero attached hydrogens (tertiary/aromatic N) is 3. The van der Waals surface area contributed by atoms with Crippen LogP contribution in [-0.4, -0.2) is 35.0 Å². The molecule has 0 atom stereocenters. The molecule has 0 fully saturated rings. The lowest BCUT2D eigenvalue weighted by atomic mass is 10.3. The number of hydrogen-bond donors (Lipinski definition) is 2. The first kappa shape index (κ1) is 20.9. The van der Waals surface area contributed by atoms with E-state index in [1.165, 1.54) is 0 Å². The smallest absolute Gasteiger partial charge is 0.207 e. The van der Waals surface area contributed by atoms with Crippen molar-refractivity contribution in [1.82, 2.24) is 25.6 Å². The molecule has 0 saturated heterocycles. The average Bonchev–Trinajstić information content (AvgIpc) is 2.85. The zero-order valence-electron chi connectivity index (χ0n) is 13.8. The summed E-state index contributed by atoms with van der Waals surface area (Å²) >= 11 is 0. The van der Waals surface area contributed by atoms with Gasteiger partial charge in [0.05, 0.1) is 5.69 Å². The van der Waals surface area contributed by atoms with E-state index in [-0.39, 0.29) is 0 Å². The molecule has 20 heavy (non-hydrogen) atoms. The van der Waals surface area contributed by atoms with Crippen molar-refractivity contribution in [2.24, 2.45) is 5.92 Å². The Hall–Kier alpha value is -1.43. The van der Waals surface area contributed by atoms with Gasteiger partial charge in [-0.2, -0.15) is 0 Å². The molecule has 1 aromatic rings. The molecule has 0 saturated carbocycles. The number of hydrogen-bond acceptors (Lipinski definition) is 4. The second-order valence-corrected chi connectivity index (χ2v) is 4.66. The number of carbonyl (C=O) groups is 1. The zero-order chi connectivity index (χ0) is 15.8. The Kier molecular flexibility index (Phi) is 16.3. The van der Waals surface area contributed by atoms with Crippen LogP contribution in [0.4, 0.5) is 0 Å². The zero-order valence-corrected chi connectivity index (χ0v) is 13.8. The fourth-order valence-electron chi connectivity index (χ4n) is 1.11. The third-order valence-electron chi connectivity index (χ3n) is 1.74. The predicted molar refractivity (Wildman–Crippen MR) is 83.3 cm³/mol. The van der Waals surface area contributed by atoms with E-state index in [0.717, 1.165) is 31.1 Å². The molecule has 0 aromatic carbocycles. The van der Waals surface area contributed by atoms with Gasteiger partial charge in [0.2, 0.25) is 6.41 Å². The largest absolute Gasteiger partial charge is 0.359 e. The van der Waals surface area contributed by atoms with Gasteiger partial charge in [0.1, 0.15) is 0 Å². The molecule has 0 unspecified atom stereocenters. The fraction of sp³-hybridized carbons (Fsp3) is 0.786. The van der Waals surface area contributed by atoms with Crippen LogP contribution in [0.5, 0.6) is 0 Å². The summed E-state index contributed by atoms with van der Waals surface area (Å²) in [4.78, 5) is 9.95. The molecule has 0 spiro atoms.